The van der Waals surface area contributed by atoms with Crippen molar-refractivity contribution in [1.29, 1.82) is 0 Å². The van der Waals surface area contributed by atoms with Crippen molar-refractivity contribution >= 4 is 45.0 Å². The number of halogens is 2. The molecule has 0 saturated carbocycles. The maximum atomic E-state index is 13.2. The van der Waals surface area contributed by atoms with Crippen LogP contribution in [0.4, 0.5) is 0 Å². The van der Waals surface area contributed by atoms with Gasteiger partial charge in [0.15, 0.2) is 0 Å². The van der Waals surface area contributed by atoms with Crippen LogP contribution < -0.4 is 0 Å². The van der Waals surface area contributed by atoms with E-state index < -0.39 is 17.7 Å². The van der Waals surface area contributed by atoms with Crippen LogP contribution in [-0.2, 0) is 9.59 Å². The van der Waals surface area contributed by atoms with Gasteiger partial charge in [-0.3, -0.25) is 9.59 Å². The Labute approximate surface area is 248 Å². The first-order valence-electron chi connectivity index (χ1n) is 14.7. The molecular weight excluding hydrogens is 574 g/mol. The van der Waals surface area contributed by atoms with Crippen LogP contribution in [0.3, 0.4) is 0 Å². The van der Waals surface area contributed by atoms with Gasteiger partial charge in [-0.25, -0.2) is 0 Å². The zero-order valence-electron chi connectivity index (χ0n) is 23.3. The molecule has 1 amide bonds. The number of hydrogen-bond acceptors (Lipinski definition) is 3. The lowest BCUT2D eigenvalue weighted by Crippen LogP contribution is -2.30. The second-order valence-electron chi connectivity index (χ2n) is 10.7. The Balaban J connectivity index is 1.53. The summed E-state index contributed by atoms with van der Waals surface area (Å²) in [4.78, 5) is 27.9. The number of rotatable bonds is 17. The molecule has 1 aliphatic heterocycles. The molecular formula is C33H43BrClNO3. The maximum absolute atomic E-state index is 13.2. The predicted molar refractivity (Wildman–Crippen MR) is 165 cm³/mol. The number of nitrogens with zero attached hydrogens (tertiary/aromatic N) is 1. The fraction of sp³-hybridized carbons (Fsp3) is 0.515. The number of likely N-dealkylation sites (tertiary alicyclic amines) is 1. The molecule has 0 bridgehead atoms. The van der Waals surface area contributed by atoms with Crippen molar-refractivity contribution in [2.24, 2.45) is 0 Å². The summed E-state index contributed by atoms with van der Waals surface area (Å²) in [5.74, 6) is -1.35. The number of aliphatic hydroxyl groups excluding tert-OH is 1. The molecule has 1 saturated heterocycles. The van der Waals surface area contributed by atoms with Crippen molar-refractivity contribution in [1.82, 2.24) is 4.90 Å². The van der Waals surface area contributed by atoms with Gasteiger partial charge in [-0.1, -0.05) is 142 Å². The van der Waals surface area contributed by atoms with Gasteiger partial charge in [0, 0.05) is 21.6 Å². The summed E-state index contributed by atoms with van der Waals surface area (Å²) in [7, 11) is 0. The molecule has 2 aromatic carbocycles. The molecule has 1 N–H and O–H groups in total. The Bertz CT molecular complexity index is 1100. The van der Waals surface area contributed by atoms with Gasteiger partial charge in [0.25, 0.3) is 11.7 Å². The molecule has 1 fully saturated rings. The molecule has 1 atom stereocenters. The summed E-state index contributed by atoms with van der Waals surface area (Å²) in [6.07, 6.45) is 17.6. The van der Waals surface area contributed by atoms with E-state index in [0.717, 1.165) is 29.3 Å². The average Bonchev–Trinajstić information content (AvgIpc) is 3.18. The van der Waals surface area contributed by atoms with Gasteiger partial charge in [0.1, 0.15) is 5.76 Å². The second-order valence-corrected chi connectivity index (χ2v) is 12.0. The van der Waals surface area contributed by atoms with Crippen molar-refractivity contribution in [3.05, 3.63) is 74.7 Å². The van der Waals surface area contributed by atoms with Crippen LogP contribution in [0.15, 0.2) is 58.6 Å². The van der Waals surface area contributed by atoms with Crippen molar-refractivity contribution in [3.63, 3.8) is 0 Å². The Morgan fingerprint density at radius 1 is 0.821 bits per heavy atom. The van der Waals surface area contributed by atoms with Crippen molar-refractivity contribution in [2.45, 2.75) is 103 Å². The van der Waals surface area contributed by atoms with Gasteiger partial charge in [-0.05, 0) is 36.2 Å². The molecule has 0 spiro atoms. The first-order valence-corrected chi connectivity index (χ1v) is 15.9. The molecule has 1 aliphatic rings. The Kier molecular flexibility index (Phi) is 13.6. The van der Waals surface area contributed by atoms with E-state index in [1.165, 1.54) is 70.6 Å². The molecule has 4 nitrogen and oxygen atoms in total. The fourth-order valence-electron chi connectivity index (χ4n) is 5.37. The number of carbonyl (C=O) groups is 2. The lowest BCUT2D eigenvalue weighted by molar-refractivity contribution is -0.139. The summed E-state index contributed by atoms with van der Waals surface area (Å²) >= 11 is 9.53. The zero-order valence-corrected chi connectivity index (χ0v) is 25.6. The highest BCUT2D eigenvalue weighted by molar-refractivity contribution is 9.10. The first-order chi connectivity index (χ1) is 18.9. The highest BCUT2D eigenvalue weighted by Crippen LogP contribution is 2.40. The van der Waals surface area contributed by atoms with E-state index >= 15 is 0 Å². The summed E-state index contributed by atoms with van der Waals surface area (Å²) < 4.78 is 0.784. The molecule has 2 aromatic rings. The third-order valence-corrected chi connectivity index (χ3v) is 8.32. The number of hydrogen-bond donors (Lipinski definition) is 1. The number of ketones is 1. The van der Waals surface area contributed by atoms with Gasteiger partial charge in [0.05, 0.1) is 11.6 Å². The number of amides is 1. The number of benzene rings is 2. The quantitative estimate of drug-likeness (QED) is 0.0833. The van der Waals surface area contributed by atoms with Crippen LogP contribution in [0.1, 0.15) is 114 Å². The molecule has 3 rings (SSSR count). The first kappa shape index (κ1) is 31.4. The molecule has 1 heterocycles. The predicted octanol–water partition coefficient (Wildman–Crippen LogP) is 10.0. The molecule has 6 heteroatoms. The van der Waals surface area contributed by atoms with Crippen LogP contribution in [-0.4, -0.2) is 28.2 Å². The lowest BCUT2D eigenvalue weighted by Gasteiger charge is -2.25. The monoisotopic (exact) mass is 615 g/mol. The summed E-state index contributed by atoms with van der Waals surface area (Å²) in [6, 6.07) is 13.6. The van der Waals surface area contributed by atoms with E-state index in [-0.39, 0.29) is 11.3 Å². The molecule has 0 radical (unpaired) electrons. The third-order valence-electron chi connectivity index (χ3n) is 7.58. The highest BCUT2D eigenvalue weighted by Gasteiger charge is 2.45. The Hall–Kier alpha value is -2.11. The molecule has 39 heavy (non-hydrogen) atoms. The topological polar surface area (TPSA) is 57.6 Å². The molecule has 0 unspecified atom stereocenters. The number of aliphatic hydroxyl groups is 1. The summed E-state index contributed by atoms with van der Waals surface area (Å²) in [6.45, 7) is 2.74. The molecule has 0 aliphatic carbocycles. The van der Waals surface area contributed by atoms with E-state index in [4.69, 9.17) is 11.6 Å². The van der Waals surface area contributed by atoms with E-state index in [9.17, 15) is 14.7 Å². The minimum Gasteiger partial charge on any atom is -0.507 e. The molecule has 212 valence electrons. The van der Waals surface area contributed by atoms with Gasteiger partial charge in [-0.15, -0.1) is 0 Å². The van der Waals surface area contributed by atoms with E-state index in [1.54, 1.807) is 35.2 Å². The second kappa shape index (κ2) is 16.9. The standard InChI is InChI=1S/C33H43BrClNO3/c1-2-3-4-5-6-7-8-9-10-11-12-13-14-15-23-36-30(25-19-21-28(35)22-20-25)29(32(38)33(36)39)31(37)26-17-16-18-27(34)24-26/h16-22,24,30,37H,2-15,23H2,1H3/b31-29+/t30-/m0/s1. The third kappa shape index (κ3) is 9.49. The lowest BCUT2D eigenvalue weighted by atomic mass is 9.95. The normalized spacial score (nSPS) is 16.8. The minimum absolute atomic E-state index is 0.130. The van der Waals surface area contributed by atoms with Crippen molar-refractivity contribution in [3.8, 4) is 0 Å². The minimum atomic E-state index is -0.641. The van der Waals surface area contributed by atoms with Gasteiger partial charge >= 0.3 is 0 Å². The number of unbranched alkanes of at least 4 members (excludes halogenated alkanes) is 13. The number of carbonyl (C=O) groups excluding carboxylic acids is 2. The largest absolute Gasteiger partial charge is 0.507 e. The number of Topliss-reactive ketones (excluding diaryl/α,β-unsaturated/α-hetero) is 1. The van der Waals surface area contributed by atoms with Crippen LogP contribution in [0, 0.1) is 0 Å². The summed E-state index contributed by atoms with van der Waals surface area (Å²) in [5, 5.41) is 11.7. The zero-order chi connectivity index (χ0) is 28.0. The summed E-state index contributed by atoms with van der Waals surface area (Å²) in [5.41, 5.74) is 1.39. The Morgan fingerprint density at radius 2 is 1.36 bits per heavy atom. The van der Waals surface area contributed by atoms with Crippen molar-refractivity contribution in [2.75, 3.05) is 6.54 Å². The van der Waals surface area contributed by atoms with E-state index in [0.29, 0.717) is 17.1 Å². The Morgan fingerprint density at radius 3 is 1.90 bits per heavy atom. The maximum Gasteiger partial charge on any atom is 0.295 e. The fourth-order valence-corrected chi connectivity index (χ4v) is 5.90. The molecule has 0 aromatic heterocycles. The van der Waals surface area contributed by atoms with Crippen LogP contribution >= 0.6 is 27.5 Å². The SMILES string of the molecule is CCCCCCCCCCCCCCCCN1C(=O)C(=O)/C(=C(/O)c2cccc(Br)c2)[C@@H]1c1ccc(Cl)cc1. The van der Waals surface area contributed by atoms with Crippen molar-refractivity contribution < 1.29 is 14.7 Å². The van der Waals surface area contributed by atoms with Gasteiger partial charge < -0.3 is 10.0 Å². The smallest absolute Gasteiger partial charge is 0.295 e. The van der Waals surface area contributed by atoms with Crippen LogP contribution in [0.2, 0.25) is 5.02 Å². The van der Waals surface area contributed by atoms with Crippen LogP contribution in [0.5, 0.6) is 0 Å². The van der Waals surface area contributed by atoms with Gasteiger partial charge in [0.2, 0.25) is 0 Å². The van der Waals surface area contributed by atoms with E-state index in [2.05, 4.69) is 22.9 Å². The highest BCUT2D eigenvalue weighted by atomic mass is 79.9. The van der Waals surface area contributed by atoms with Gasteiger partial charge in [-0.2, -0.15) is 0 Å². The van der Waals surface area contributed by atoms with Crippen LogP contribution in [0.25, 0.3) is 5.76 Å². The average molecular weight is 617 g/mol. The van der Waals surface area contributed by atoms with E-state index in [1.807, 2.05) is 18.2 Å².